The van der Waals surface area contributed by atoms with Crippen molar-refractivity contribution < 1.29 is 14.0 Å². The lowest BCUT2D eigenvalue weighted by atomic mass is 9.98. The number of nitrogens with zero attached hydrogens (tertiary/aromatic N) is 6. The van der Waals surface area contributed by atoms with Crippen molar-refractivity contribution in [1.29, 1.82) is 0 Å². The van der Waals surface area contributed by atoms with Crippen molar-refractivity contribution in [3.8, 4) is 22.8 Å². The smallest absolute Gasteiger partial charge is 0.275 e. The number of rotatable bonds is 6. The predicted molar refractivity (Wildman–Crippen MR) is 126 cm³/mol. The van der Waals surface area contributed by atoms with Crippen molar-refractivity contribution in [1.82, 2.24) is 35.3 Å². The molecule has 0 radical (unpaired) electrons. The summed E-state index contributed by atoms with van der Waals surface area (Å²) in [5, 5.41) is 17.8. The van der Waals surface area contributed by atoms with Crippen LogP contribution in [0.2, 0.25) is 0 Å². The Hall–Kier alpha value is -4.67. The van der Waals surface area contributed by atoms with Gasteiger partial charge >= 0.3 is 0 Å². The molecule has 1 aliphatic rings. The average Bonchev–Trinajstić information content (AvgIpc) is 3.62. The number of hydrogen-bond donors (Lipinski definition) is 2. The molecule has 1 atom stereocenters. The summed E-state index contributed by atoms with van der Waals surface area (Å²) >= 11 is 0. The molecular formula is C24H22N8O3. The normalized spacial score (nSPS) is 15.5. The number of hydrogen-bond acceptors (Lipinski definition) is 8. The van der Waals surface area contributed by atoms with Gasteiger partial charge in [-0.05, 0) is 49.2 Å². The minimum Gasteiger partial charge on any atom is -0.420 e. The van der Waals surface area contributed by atoms with Gasteiger partial charge in [0.15, 0.2) is 0 Å². The van der Waals surface area contributed by atoms with Crippen LogP contribution in [-0.4, -0.2) is 60.2 Å². The fraction of sp³-hybridized carbons (Fsp3) is 0.208. The standard InChI is InChI=1S/C24H22N8O3/c1-2-21(33)32-12-4-5-16(14-32)24-31-30-23(35-24)15-8-9-20(25-13-15)28-22(34)19-7-3-6-17(27-19)18-10-11-26-29-18/h2-3,6-11,13,16H,1,4-5,12,14H2,(H,26,29)(H,25,28,34). The fourth-order valence-corrected chi connectivity index (χ4v) is 3.91. The third kappa shape index (κ3) is 4.83. The Bertz CT molecular complexity index is 1350. The molecule has 2 N–H and O–H groups in total. The molecule has 1 saturated heterocycles. The first-order valence-electron chi connectivity index (χ1n) is 11.1. The lowest BCUT2D eigenvalue weighted by Crippen LogP contribution is -2.38. The van der Waals surface area contributed by atoms with Gasteiger partial charge in [-0.2, -0.15) is 5.10 Å². The van der Waals surface area contributed by atoms with Crippen LogP contribution in [0.1, 0.15) is 35.1 Å². The minimum absolute atomic E-state index is 0.0227. The molecule has 35 heavy (non-hydrogen) atoms. The van der Waals surface area contributed by atoms with Gasteiger partial charge in [0.05, 0.1) is 22.9 Å². The van der Waals surface area contributed by atoms with Gasteiger partial charge < -0.3 is 14.6 Å². The van der Waals surface area contributed by atoms with E-state index in [0.29, 0.717) is 47.6 Å². The number of anilines is 1. The van der Waals surface area contributed by atoms with Crippen LogP contribution < -0.4 is 5.32 Å². The first-order chi connectivity index (χ1) is 17.1. The number of carbonyl (C=O) groups is 2. The van der Waals surface area contributed by atoms with Crippen molar-refractivity contribution >= 4 is 17.6 Å². The first-order valence-corrected chi connectivity index (χ1v) is 11.1. The van der Waals surface area contributed by atoms with Gasteiger partial charge in [-0.15, -0.1) is 10.2 Å². The molecule has 5 rings (SSSR count). The number of aromatic amines is 1. The highest BCUT2D eigenvalue weighted by Crippen LogP contribution is 2.28. The summed E-state index contributed by atoms with van der Waals surface area (Å²) in [4.78, 5) is 35.0. The predicted octanol–water partition coefficient (Wildman–Crippen LogP) is 3.06. The van der Waals surface area contributed by atoms with Gasteiger partial charge in [0.2, 0.25) is 17.7 Å². The summed E-state index contributed by atoms with van der Waals surface area (Å²) in [6.07, 6.45) is 6.21. The number of aromatic nitrogens is 6. The lowest BCUT2D eigenvalue weighted by molar-refractivity contribution is -0.127. The van der Waals surface area contributed by atoms with Gasteiger partial charge in [0.1, 0.15) is 11.5 Å². The molecule has 0 aliphatic carbocycles. The average molecular weight is 470 g/mol. The maximum absolute atomic E-state index is 12.7. The molecule has 0 aromatic carbocycles. The van der Waals surface area contributed by atoms with E-state index in [0.717, 1.165) is 12.8 Å². The molecule has 176 valence electrons. The number of H-pyrrole nitrogens is 1. The zero-order chi connectivity index (χ0) is 24.2. The highest BCUT2D eigenvalue weighted by molar-refractivity contribution is 6.02. The summed E-state index contributed by atoms with van der Waals surface area (Å²) in [5.74, 6) is 0.666. The Morgan fingerprint density at radius 1 is 1.20 bits per heavy atom. The SMILES string of the molecule is C=CC(=O)N1CCCC(c2nnc(-c3ccc(NC(=O)c4cccc(-c5ccn[nH]5)n4)nc3)o2)C1. The van der Waals surface area contributed by atoms with E-state index in [-0.39, 0.29) is 23.4 Å². The third-order valence-electron chi connectivity index (χ3n) is 5.71. The molecule has 5 heterocycles. The van der Waals surface area contributed by atoms with E-state index < -0.39 is 0 Å². The molecule has 4 aromatic rings. The van der Waals surface area contributed by atoms with Crippen LogP contribution in [-0.2, 0) is 4.79 Å². The second-order valence-electron chi connectivity index (χ2n) is 8.04. The van der Waals surface area contributed by atoms with E-state index >= 15 is 0 Å². The van der Waals surface area contributed by atoms with Crippen molar-refractivity contribution in [2.75, 3.05) is 18.4 Å². The molecule has 1 unspecified atom stereocenters. The molecule has 0 spiro atoms. The zero-order valence-electron chi connectivity index (χ0n) is 18.7. The second-order valence-corrected chi connectivity index (χ2v) is 8.04. The summed E-state index contributed by atoms with van der Waals surface area (Å²) in [7, 11) is 0. The van der Waals surface area contributed by atoms with Crippen LogP contribution in [0.15, 0.2) is 65.9 Å². The second kappa shape index (κ2) is 9.67. The van der Waals surface area contributed by atoms with Gasteiger partial charge in [-0.3, -0.25) is 14.7 Å². The number of amides is 2. The molecular weight excluding hydrogens is 448 g/mol. The van der Waals surface area contributed by atoms with Crippen molar-refractivity contribution in [3.63, 3.8) is 0 Å². The van der Waals surface area contributed by atoms with Gasteiger partial charge in [0, 0.05) is 25.5 Å². The summed E-state index contributed by atoms with van der Waals surface area (Å²) in [6, 6.07) is 10.3. The number of piperidine rings is 1. The zero-order valence-corrected chi connectivity index (χ0v) is 18.7. The number of nitrogens with one attached hydrogen (secondary N) is 2. The quantitative estimate of drug-likeness (QED) is 0.409. The molecule has 11 nitrogen and oxygen atoms in total. The lowest BCUT2D eigenvalue weighted by Gasteiger charge is -2.30. The van der Waals surface area contributed by atoms with E-state index in [1.165, 1.54) is 6.08 Å². The van der Waals surface area contributed by atoms with Crippen LogP contribution in [0.4, 0.5) is 5.82 Å². The first kappa shape index (κ1) is 22.1. The number of likely N-dealkylation sites (tertiary alicyclic amines) is 1. The summed E-state index contributed by atoms with van der Waals surface area (Å²) in [6.45, 7) is 4.77. The Morgan fingerprint density at radius 2 is 2.11 bits per heavy atom. The van der Waals surface area contributed by atoms with E-state index in [1.54, 1.807) is 53.7 Å². The van der Waals surface area contributed by atoms with Crippen LogP contribution in [0, 0.1) is 0 Å². The summed E-state index contributed by atoms with van der Waals surface area (Å²) < 4.78 is 5.88. The molecule has 11 heteroatoms. The summed E-state index contributed by atoms with van der Waals surface area (Å²) in [5.41, 5.74) is 2.20. The van der Waals surface area contributed by atoms with E-state index in [1.807, 2.05) is 0 Å². The Labute approximate surface area is 200 Å². The third-order valence-corrected chi connectivity index (χ3v) is 5.71. The van der Waals surface area contributed by atoms with Crippen LogP contribution >= 0.6 is 0 Å². The van der Waals surface area contributed by atoms with Gasteiger partial charge in [-0.25, -0.2) is 9.97 Å². The number of pyridine rings is 2. The molecule has 1 fully saturated rings. The Balaban J connectivity index is 1.25. The van der Waals surface area contributed by atoms with Crippen LogP contribution in [0.5, 0.6) is 0 Å². The highest BCUT2D eigenvalue weighted by Gasteiger charge is 2.27. The van der Waals surface area contributed by atoms with Crippen LogP contribution in [0.3, 0.4) is 0 Å². The Kier molecular flexibility index (Phi) is 6.12. The fourth-order valence-electron chi connectivity index (χ4n) is 3.91. The largest absolute Gasteiger partial charge is 0.420 e. The highest BCUT2D eigenvalue weighted by atomic mass is 16.4. The van der Waals surface area contributed by atoms with Crippen molar-refractivity contribution in [3.05, 3.63) is 73.0 Å². The maximum atomic E-state index is 12.7. The molecule has 2 amide bonds. The van der Waals surface area contributed by atoms with E-state index in [2.05, 4.69) is 42.3 Å². The van der Waals surface area contributed by atoms with Crippen LogP contribution in [0.25, 0.3) is 22.8 Å². The van der Waals surface area contributed by atoms with Gasteiger partial charge in [0.25, 0.3) is 5.91 Å². The van der Waals surface area contributed by atoms with E-state index in [9.17, 15) is 9.59 Å². The number of carbonyl (C=O) groups excluding carboxylic acids is 2. The monoisotopic (exact) mass is 470 g/mol. The molecule has 0 bridgehead atoms. The van der Waals surface area contributed by atoms with Crippen molar-refractivity contribution in [2.24, 2.45) is 0 Å². The molecule has 0 saturated carbocycles. The molecule has 4 aromatic heterocycles. The maximum Gasteiger partial charge on any atom is 0.275 e. The molecule has 1 aliphatic heterocycles. The van der Waals surface area contributed by atoms with Crippen molar-refractivity contribution in [2.45, 2.75) is 18.8 Å². The van der Waals surface area contributed by atoms with E-state index in [4.69, 9.17) is 4.42 Å². The topological polar surface area (TPSA) is 143 Å². The Morgan fingerprint density at radius 3 is 2.89 bits per heavy atom. The minimum atomic E-state index is -0.386. The van der Waals surface area contributed by atoms with Gasteiger partial charge in [-0.1, -0.05) is 12.6 Å².